The first kappa shape index (κ1) is 44.1. The number of carbonyl (C=O) groups is 4. The number of nitrogens with one attached hydrogen (secondary N) is 4. The number of amides is 4. The lowest BCUT2D eigenvalue weighted by atomic mass is 10.0. The molecule has 17 heteroatoms. The molecule has 0 saturated carbocycles. The summed E-state index contributed by atoms with van der Waals surface area (Å²) < 4.78 is 24.6. The van der Waals surface area contributed by atoms with Crippen LogP contribution < -0.4 is 10.6 Å². The number of hydrogen-bond donors (Lipinski definition) is 4. The third kappa shape index (κ3) is 10.5. The zero-order valence-corrected chi connectivity index (χ0v) is 33.2. The van der Waals surface area contributed by atoms with E-state index in [-0.39, 0.29) is 66.1 Å². The lowest BCUT2D eigenvalue weighted by molar-refractivity contribution is -0.136. The second-order valence-corrected chi connectivity index (χ2v) is 13.7. The number of H-pyrrole nitrogens is 2. The van der Waals surface area contributed by atoms with Crippen molar-refractivity contribution in [2.24, 2.45) is 11.8 Å². The summed E-state index contributed by atoms with van der Waals surface area (Å²) in [5.74, 6) is 11.0. The number of alkyl carbamates (subject to hydrolysis) is 2. The van der Waals surface area contributed by atoms with Gasteiger partial charge in [0.05, 0.1) is 50.0 Å². The number of imidazole rings is 2. The van der Waals surface area contributed by atoms with E-state index in [0.717, 1.165) is 12.8 Å². The predicted molar refractivity (Wildman–Crippen MR) is 207 cm³/mol. The SMILES string of the molecule is COC(=O)NC(C(=O)N1CCCC1c1ncc(-c2ccc(C#CC#Cc3cnc(C4CCCN4C(=O)[C@@H](NC(=O)OC)C(C)C)[nH]3)c(F)c2)[nH]1)C(C)C.Cl.Cl. The second kappa shape index (κ2) is 19.9. The van der Waals surface area contributed by atoms with E-state index < -0.39 is 30.1 Å². The molecule has 0 spiro atoms. The topological polar surface area (TPSA) is 175 Å². The van der Waals surface area contributed by atoms with Crippen LogP contribution in [0.4, 0.5) is 14.0 Å². The Balaban J connectivity index is 0.00000406. The predicted octanol–water partition coefficient (Wildman–Crippen LogP) is 5.27. The molecule has 1 aromatic carbocycles. The quantitative estimate of drug-likeness (QED) is 0.212. The molecule has 2 aliphatic rings. The Morgan fingerprint density at radius 1 is 0.800 bits per heavy atom. The van der Waals surface area contributed by atoms with Gasteiger partial charge in [-0.3, -0.25) is 9.59 Å². The van der Waals surface area contributed by atoms with Gasteiger partial charge in [0.15, 0.2) is 0 Å². The van der Waals surface area contributed by atoms with Crippen molar-refractivity contribution in [1.29, 1.82) is 0 Å². The number of methoxy groups -OCH3 is 2. The number of hydrogen-bond acceptors (Lipinski definition) is 8. The van der Waals surface area contributed by atoms with Gasteiger partial charge in [0.1, 0.15) is 35.2 Å². The van der Waals surface area contributed by atoms with E-state index in [1.165, 1.54) is 20.3 Å². The van der Waals surface area contributed by atoms with Gasteiger partial charge >= 0.3 is 12.2 Å². The first-order valence-corrected chi connectivity index (χ1v) is 17.6. The van der Waals surface area contributed by atoms with Gasteiger partial charge in [-0.15, -0.1) is 24.8 Å². The molecule has 0 radical (unpaired) electrons. The monoisotopic (exact) mass is 800 g/mol. The number of rotatable bonds is 9. The van der Waals surface area contributed by atoms with Crippen LogP contribution in [0.2, 0.25) is 0 Å². The lowest BCUT2D eigenvalue weighted by Crippen LogP contribution is -2.51. The van der Waals surface area contributed by atoms with Crippen LogP contribution >= 0.6 is 24.8 Å². The molecule has 2 fully saturated rings. The first-order chi connectivity index (χ1) is 25.4. The van der Waals surface area contributed by atoms with Crippen molar-refractivity contribution in [3.63, 3.8) is 0 Å². The molecule has 2 aliphatic heterocycles. The molecule has 0 bridgehead atoms. The van der Waals surface area contributed by atoms with Crippen LogP contribution in [-0.2, 0) is 19.1 Å². The summed E-state index contributed by atoms with van der Waals surface area (Å²) in [6.45, 7) is 8.48. The number of halogens is 3. The number of benzene rings is 1. The number of aromatic amines is 2. The summed E-state index contributed by atoms with van der Waals surface area (Å²) >= 11 is 0. The Hall–Kier alpha value is -5.25. The summed E-state index contributed by atoms with van der Waals surface area (Å²) in [4.78, 5) is 69.3. The van der Waals surface area contributed by atoms with Crippen LogP contribution in [0.25, 0.3) is 11.3 Å². The molecule has 4 N–H and O–H groups in total. The highest BCUT2D eigenvalue weighted by Gasteiger charge is 2.39. The Bertz CT molecular complexity index is 1960. The minimum atomic E-state index is -0.746. The van der Waals surface area contributed by atoms with Gasteiger partial charge < -0.3 is 39.9 Å². The molecule has 5 rings (SSSR count). The average molecular weight is 802 g/mol. The van der Waals surface area contributed by atoms with Crippen LogP contribution in [0.3, 0.4) is 0 Å². The van der Waals surface area contributed by atoms with E-state index in [9.17, 15) is 19.2 Å². The van der Waals surface area contributed by atoms with Crippen LogP contribution in [0.15, 0.2) is 30.6 Å². The zero-order valence-electron chi connectivity index (χ0n) is 31.5. The van der Waals surface area contributed by atoms with Gasteiger partial charge in [0, 0.05) is 18.7 Å². The van der Waals surface area contributed by atoms with Crippen molar-refractivity contribution in [3.8, 4) is 34.9 Å². The lowest BCUT2D eigenvalue weighted by Gasteiger charge is -2.30. The van der Waals surface area contributed by atoms with Gasteiger partial charge in [-0.05, 0) is 73.3 Å². The molecule has 4 atom stereocenters. The van der Waals surface area contributed by atoms with Crippen molar-refractivity contribution < 1.29 is 33.0 Å². The summed E-state index contributed by atoms with van der Waals surface area (Å²) in [5.41, 5.74) is 1.81. The molecule has 4 amide bonds. The van der Waals surface area contributed by atoms with E-state index in [1.807, 2.05) is 27.7 Å². The number of aromatic nitrogens is 4. The molecular formula is C38H47Cl2FN8O6. The van der Waals surface area contributed by atoms with Gasteiger partial charge in [-0.25, -0.2) is 23.9 Å². The fourth-order valence-electron chi connectivity index (χ4n) is 6.59. The molecule has 296 valence electrons. The Kier molecular flexibility index (Phi) is 16.0. The summed E-state index contributed by atoms with van der Waals surface area (Å²) in [7, 11) is 2.51. The highest BCUT2D eigenvalue weighted by Crippen LogP contribution is 2.33. The third-order valence-corrected chi connectivity index (χ3v) is 9.41. The highest BCUT2D eigenvalue weighted by atomic mass is 35.5. The molecule has 2 aromatic heterocycles. The Morgan fingerprint density at radius 2 is 1.31 bits per heavy atom. The fraction of sp³-hybridized carbons (Fsp3) is 0.474. The van der Waals surface area contributed by atoms with E-state index in [1.54, 1.807) is 34.3 Å². The van der Waals surface area contributed by atoms with Crippen molar-refractivity contribution in [1.82, 2.24) is 40.4 Å². The third-order valence-electron chi connectivity index (χ3n) is 9.41. The highest BCUT2D eigenvalue weighted by molar-refractivity contribution is 5.87. The summed E-state index contributed by atoms with van der Waals surface area (Å²) in [5, 5.41) is 5.27. The molecular weight excluding hydrogens is 754 g/mol. The number of carbonyl (C=O) groups excluding carboxylic acids is 4. The minimum absolute atomic E-state index is 0. The maximum atomic E-state index is 15.2. The largest absolute Gasteiger partial charge is 0.453 e. The van der Waals surface area contributed by atoms with E-state index in [4.69, 9.17) is 9.47 Å². The van der Waals surface area contributed by atoms with E-state index in [0.29, 0.717) is 54.5 Å². The van der Waals surface area contributed by atoms with Gasteiger partial charge in [0.2, 0.25) is 11.8 Å². The second-order valence-electron chi connectivity index (χ2n) is 13.7. The normalized spacial score (nSPS) is 17.1. The first-order valence-electron chi connectivity index (χ1n) is 17.6. The molecule has 2 saturated heterocycles. The minimum Gasteiger partial charge on any atom is -0.453 e. The Labute approximate surface area is 332 Å². The van der Waals surface area contributed by atoms with Crippen LogP contribution in [0.5, 0.6) is 0 Å². The van der Waals surface area contributed by atoms with E-state index >= 15 is 4.39 Å². The molecule has 4 heterocycles. The molecule has 0 aliphatic carbocycles. The van der Waals surface area contributed by atoms with Crippen LogP contribution in [-0.4, -0.2) is 93.1 Å². The van der Waals surface area contributed by atoms with Crippen molar-refractivity contribution >= 4 is 48.8 Å². The molecule has 3 aromatic rings. The number of nitrogens with zero attached hydrogens (tertiary/aromatic N) is 4. The van der Waals surface area contributed by atoms with Crippen molar-refractivity contribution in [2.45, 2.75) is 77.5 Å². The van der Waals surface area contributed by atoms with Crippen molar-refractivity contribution in [3.05, 3.63) is 59.3 Å². The molecule has 14 nitrogen and oxygen atoms in total. The average Bonchev–Trinajstić information content (AvgIpc) is 3.97. The summed E-state index contributed by atoms with van der Waals surface area (Å²) in [6.07, 6.45) is 4.80. The van der Waals surface area contributed by atoms with E-state index in [2.05, 4.69) is 54.3 Å². The zero-order chi connectivity index (χ0) is 38.2. The fourth-order valence-corrected chi connectivity index (χ4v) is 6.59. The Morgan fingerprint density at radius 3 is 1.82 bits per heavy atom. The standard InChI is InChI=1S/C38H45FN8O6.2ClH/c1-22(2)31(44-37(50)52-5)35(48)46-17-9-13-29(46)33-40-20-26(42-33)12-8-7-11-24-15-16-25(19-27(24)39)28-21-41-34(43-28)30-14-10-18-47(30)36(49)32(23(3)4)45-38(51)53-6;;/h15-16,19-23,29-32H,9-10,13-14,17-18H2,1-6H3,(H,40,42)(H,41,43)(H,44,50)(H,45,51);2*1H/t29?,30?,31-,32?;;/m0../s1. The van der Waals surface area contributed by atoms with Crippen LogP contribution in [0, 0.1) is 41.3 Å². The number of ether oxygens (including phenoxy) is 2. The smallest absolute Gasteiger partial charge is 0.407 e. The maximum Gasteiger partial charge on any atom is 0.407 e. The molecule has 55 heavy (non-hydrogen) atoms. The van der Waals surface area contributed by atoms with Gasteiger partial charge in [0.25, 0.3) is 0 Å². The molecule has 3 unspecified atom stereocenters. The van der Waals surface area contributed by atoms with Gasteiger partial charge in [-0.1, -0.05) is 33.8 Å². The summed E-state index contributed by atoms with van der Waals surface area (Å²) in [6, 6.07) is 2.56. The van der Waals surface area contributed by atoms with Gasteiger partial charge in [-0.2, -0.15) is 0 Å². The van der Waals surface area contributed by atoms with Crippen molar-refractivity contribution in [2.75, 3.05) is 27.3 Å². The number of likely N-dealkylation sites (tertiary alicyclic amines) is 2. The van der Waals surface area contributed by atoms with Crippen LogP contribution in [0.1, 0.15) is 88.4 Å². The maximum absolute atomic E-state index is 15.2.